The van der Waals surface area contributed by atoms with Crippen LogP contribution in [-0.4, -0.2) is 26.9 Å². The second kappa shape index (κ2) is 9.83. The summed E-state index contributed by atoms with van der Waals surface area (Å²) in [5, 5.41) is 3.20. The number of nitrogens with zero attached hydrogens (tertiary/aromatic N) is 1. The SMILES string of the molecule is CCSCc1cc(=O)[nH]c(SC(CC)C(=O)Nc2c(C)cccc2C)n1. The van der Waals surface area contributed by atoms with Gasteiger partial charge in [-0.2, -0.15) is 11.8 Å². The van der Waals surface area contributed by atoms with Crippen LogP contribution in [0.4, 0.5) is 5.69 Å². The third-order valence-corrected chi connectivity index (χ3v) is 6.03. The highest BCUT2D eigenvalue weighted by atomic mass is 32.2. The summed E-state index contributed by atoms with van der Waals surface area (Å²) in [6.45, 7) is 7.98. The van der Waals surface area contributed by atoms with Crippen LogP contribution in [0.2, 0.25) is 0 Å². The normalized spacial score (nSPS) is 12.0. The van der Waals surface area contributed by atoms with E-state index in [-0.39, 0.29) is 16.7 Å². The van der Waals surface area contributed by atoms with Crippen LogP contribution < -0.4 is 10.9 Å². The Labute approximate surface area is 162 Å². The van der Waals surface area contributed by atoms with E-state index in [4.69, 9.17) is 0 Å². The Morgan fingerprint density at radius 1 is 1.27 bits per heavy atom. The van der Waals surface area contributed by atoms with Crippen molar-refractivity contribution in [2.45, 2.75) is 50.3 Å². The molecule has 0 aliphatic carbocycles. The molecule has 1 amide bonds. The number of thioether (sulfide) groups is 2. The van der Waals surface area contributed by atoms with Crippen molar-refractivity contribution in [3.05, 3.63) is 51.4 Å². The van der Waals surface area contributed by atoms with Gasteiger partial charge in [-0.3, -0.25) is 9.59 Å². The van der Waals surface area contributed by atoms with Gasteiger partial charge in [0.1, 0.15) is 0 Å². The van der Waals surface area contributed by atoms with Gasteiger partial charge in [0, 0.05) is 17.5 Å². The van der Waals surface area contributed by atoms with Crippen LogP contribution in [0.5, 0.6) is 0 Å². The molecule has 2 aromatic rings. The van der Waals surface area contributed by atoms with Crippen molar-refractivity contribution in [2.75, 3.05) is 11.1 Å². The van der Waals surface area contributed by atoms with Crippen molar-refractivity contribution in [2.24, 2.45) is 0 Å². The fourth-order valence-corrected chi connectivity index (χ4v) is 3.98. The fraction of sp³-hybridized carbons (Fsp3) is 0.421. The summed E-state index contributed by atoms with van der Waals surface area (Å²) in [5.41, 5.74) is 3.48. The van der Waals surface area contributed by atoms with Gasteiger partial charge in [0.05, 0.1) is 10.9 Å². The van der Waals surface area contributed by atoms with E-state index >= 15 is 0 Å². The number of hydrogen-bond acceptors (Lipinski definition) is 5. The number of nitrogens with one attached hydrogen (secondary N) is 2. The van der Waals surface area contributed by atoms with Crippen molar-refractivity contribution in [1.82, 2.24) is 9.97 Å². The van der Waals surface area contributed by atoms with Gasteiger partial charge in [-0.25, -0.2) is 4.98 Å². The van der Waals surface area contributed by atoms with E-state index in [1.165, 1.54) is 17.8 Å². The lowest BCUT2D eigenvalue weighted by Gasteiger charge is -2.17. The zero-order valence-corrected chi connectivity index (χ0v) is 17.2. The van der Waals surface area contributed by atoms with Gasteiger partial charge < -0.3 is 10.3 Å². The quantitative estimate of drug-likeness (QED) is 0.522. The number of aromatic nitrogens is 2. The van der Waals surface area contributed by atoms with Gasteiger partial charge in [0.15, 0.2) is 5.16 Å². The van der Waals surface area contributed by atoms with Gasteiger partial charge in [0.25, 0.3) is 5.56 Å². The zero-order valence-electron chi connectivity index (χ0n) is 15.6. The number of benzene rings is 1. The van der Waals surface area contributed by atoms with Crippen molar-refractivity contribution < 1.29 is 4.79 Å². The minimum atomic E-state index is -0.328. The lowest BCUT2D eigenvalue weighted by Crippen LogP contribution is -2.26. The number of anilines is 1. The minimum Gasteiger partial charge on any atom is -0.325 e. The third-order valence-electron chi connectivity index (χ3n) is 3.87. The van der Waals surface area contributed by atoms with Crippen LogP contribution in [0.15, 0.2) is 34.2 Å². The first-order valence-corrected chi connectivity index (χ1v) is 10.7. The second-order valence-electron chi connectivity index (χ2n) is 5.95. The summed E-state index contributed by atoms with van der Waals surface area (Å²) in [7, 11) is 0. The van der Waals surface area contributed by atoms with Gasteiger partial charge in [-0.05, 0) is 37.1 Å². The lowest BCUT2D eigenvalue weighted by molar-refractivity contribution is -0.115. The molecule has 1 heterocycles. The molecule has 0 saturated heterocycles. The molecular weight excluding hydrogens is 366 g/mol. The highest BCUT2D eigenvalue weighted by molar-refractivity contribution is 8.00. The maximum atomic E-state index is 12.7. The van der Waals surface area contributed by atoms with E-state index in [1.807, 2.05) is 39.0 Å². The number of carbonyl (C=O) groups excluding carboxylic acids is 1. The monoisotopic (exact) mass is 391 g/mol. The first-order chi connectivity index (χ1) is 12.4. The molecule has 1 unspecified atom stereocenters. The van der Waals surface area contributed by atoms with Crippen LogP contribution in [0.25, 0.3) is 0 Å². The predicted molar refractivity (Wildman–Crippen MR) is 111 cm³/mol. The molecule has 7 heteroatoms. The Morgan fingerprint density at radius 3 is 2.58 bits per heavy atom. The van der Waals surface area contributed by atoms with E-state index < -0.39 is 0 Å². The number of aromatic amines is 1. The number of H-pyrrole nitrogens is 1. The summed E-state index contributed by atoms with van der Waals surface area (Å²) >= 11 is 3.01. The first kappa shape index (κ1) is 20.6. The molecule has 1 atom stereocenters. The molecule has 0 radical (unpaired) electrons. The summed E-state index contributed by atoms with van der Waals surface area (Å²) in [6, 6.07) is 7.44. The summed E-state index contributed by atoms with van der Waals surface area (Å²) in [5.74, 6) is 1.58. The largest absolute Gasteiger partial charge is 0.325 e. The van der Waals surface area contributed by atoms with Gasteiger partial charge in [-0.1, -0.05) is 43.8 Å². The lowest BCUT2D eigenvalue weighted by atomic mass is 10.1. The van der Waals surface area contributed by atoms with Crippen molar-refractivity contribution in [3.8, 4) is 0 Å². The summed E-state index contributed by atoms with van der Waals surface area (Å²) in [6.07, 6.45) is 0.638. The van der Waals surface area contributed by atoms with Crippen molar-refractivity contribution in [3.63, 3.8) is 0 Å². The first-order valence-electron chi connectivity index (χ1n) is 8.66. The van der Waals surface area contributed by atoms with Gasteiger partial charge in [0.2, 0.25) is 5.91 Å². The number of carbonyl (C=O) groups is 1. The van der Waals surface area contributed by atoms with Crippen LogP contribution in [-0.2, 0) is 10.5 Å². The number of aryl methyl sites for hydroxylation is 2. The molecule has 0 spiro atoms. The molecule has 2 N–H and O–H groups in total. The molecule has 5 nitrogen and oxygen atoms in total. The number of rotatable bonds is 8. The maximum Gasteiger partial charge on any atom is 0.251 e. The fourth-order valence-electron chi connectivity index (χ4n) is 2.49. The molecule has 0 aliphatic rings. The smallest absolute Gasteiger partial charge is 0.251 e. The summed E-state index contributed by atoms with van der Waals surface area (Å²) in [4.78, 5) is 31.8. The van der Waals surface area contributed by atoms with E-state index in [2.05, 4.69) is 22.2 Å². The molecule has 0 fully saturated rings. The zero-order chi connectivity index (χ0) is 19.1. The topological polar surface area (TPSA) is 74.8 Å². The molecule has 0 bridgehead atoms. The molecule has 140 valence electrons. The maximum absolute atomic E-state index is 12.7. The molecule has 2 rings (SSSR count). The van der Waals surface area contributed by atoms with Crippen molar-refractivity contribution in [1.29, 1.82) is 0 Å². The standard InChI is InChI=1S/C19H25N3O2S2/c1-5-15(18(24)22-17-12(3)8-7-9-13(17)4)26-19-20-14(11-25-6-2)10-16(23)21-19/h7-10,15H,5-6,11H2,1-4H3,(H,22,24)(H,20,21,23). The van der Waals surface area contributed by atoms with E-state index in [0.29, 0.717) is 17.3 Å². The molecule has 26 heavy (non-hydrogen) atoms. The van der Waals surface area contributed by atoms with Crippen LogP contribution >= 0.6 is 23.5 Å². The number of amides is 1. The van der Waals surface area contributed by atoms with Crippen molar-refractivity contribution >= 4 is 35.1 Å². The Balaban J connectivity index is 2.14. The molecule has 0 aliphatic heterocycles. The molecule has 1 aromatic carbocycles. The highest BCUT2D eigenvalue weighted by Crippen LogP contribution is 2.25. The summed E-state index contributed by atoms with van der Waals surface area (Å²) < 4.78 is 0. The Hall–Kier alpha value is -1.73. The minimum absolute atomic E-state index is 0.0779. The molecule has 1 aromatic heterocycles. The van der Waals surface area contributed by atoms with Crippen LogP contribution in [0, 0.1) is 13.8 Å². The third kappa shape index (κ3) is 5.64. The van der Waals surface area contributed by atoms with Crippen LogP contribution in [0.3, 0.4) is 0 Å². The average molecular weight is 392 g/mol. The number of hydrogen-bond donors (Lipinski definition) is 2. The average Bonchev–Trinajstić information content (AvgIpc) is 2.60. The molecular formula is C19H25N3O2S2. The predicted octanol–water partition coefficient (Wildman–Crippen LogP) is 4.15. The second-order valence-corrected chi connectivity index (χ2v) is 8.42. The Kier molecular flexibility index (Phi) is 7.78. The van der Waals surface area contributed by atoms with Crippen LogP contribution in [0.1, 0.15) is 37.1 Å². The highest BCUT2D eigenvalue weighted by Gasteiger charge is 2.20. The Bertz CT molecular complexity index is 800. The Morgan fingerprint density at radius 2 is 1.96 bits per heavy atom. The molecule has 0 saturated carbocycles. The van der Waals surface area contributed by atoms with Gasteiger partial charge >= 0.3 is 0 Å². The van der Waals surface area contributed by atoms with E-state index in [1.54, 1.807) is 11.8 Å². The van der Waals surface area contributed by atoms with E-state index in [0.717, 1.165) is 28.3 Å². The van der Waals surface area contributed by atoms with Gasteiger partial charge in [-0.15, -0.1) is 0 Å². The van der Waals surface area contributed by atoms with E-state index in [9.17, 15) is 9.59 Å². The number of para-hydroxylation sites is 1.